The fraction of sp³-hybridized carbons (Fsp3) is 0.885. The first-order chi connectivity index (χ1) is 32.5. The Bertz CT molecular complexity index is 1270. The number of aliphatic hydroxyl groups excluding tert-OH is 7. The maximum absolute atomic E-state index is 13.0. The summed E-state index contributed by atoms with van der Waals surface area (Å²) < 4.78 is 33.6. The molecule has 0 aromatic rings. The van der Waals surface area contributed by atoms with E-state index in [1.54, 1.807) is 0 Å². The first-order valence-corrected chi connectivity index (χ1v) is 26.4. The van der Waals surface area contributed by atoms with Gasteiger partial charge in [0.1, 0.15) is 55.4 Å². The quantitative estimate of drug-likeness (QED) is 0.0178. The predicted molar refractivity (Wildman–Crippen MR) is 257 cm³/mol. The van der Waals surface area contributed by atoms with Crippen molar-refractivity contribution in [2.45, 2.75) is 268 Å². The lowest BCUT2D eigenvalue weighted by Gasteiger charge is -2.42. The van der Waals surface area contributed by atoms with Gasteiger partial charge in [0.15, 0.2) is 18.7 Å². The van der Waals surface area contributed by atoms with Gasteiger partial charge in [0.25, 0.3) is 0 Å². The van der Waals surface area contributed by atoms with E-state index < -0.39 is 92.7 Å². The predicted octanol–water partition coefficient (Wildman–Crippen LogP) is 7.55. The van der Waals surface area contributed by atoms with E-state index in [9.17, 15) is 45.3 Å². The monoisotopic (exact) mass is 959 g/mol. The number of rotatable bonds is 41. The maximum Gasteiger partial charge on any atom is 0.306 e. The summed E-state index contributed by atoms with van der Waals surface area (Å²) in [6, 6.07) is 0. The molecule has 0 radical (unpaired) electrons. The van der Waals surface area contributed by atoms with Crippen LogP contribution in [0, 0.1) is 0 Å². The molecule has 15 nitrogen and oxygen atoms in total. The van der Waals surface area contributed by atoms with E-state index in [0.29, 0.717) is 12.8 Å². The average molecular weight is 959 g/mol. The largest absolute Gasteiger partial charge is 0.462 e. The molecule has 0 saturated carbocycles. The van der Waals surface area contributed by atoms with Crippen LogP contribution < -0.4 is 0 Å². The molecule has 2 fully saturated rings. The van der Waals surface area contributed by atoms with E-state index in [1.165, 1.54) is 96.3 Å². The van der Waals surface area contributed by atoms with Gasteiger partial charge in [0.05, 0.1) is 19.8 Å². The Morgan fingerprint density at radius 3 is 1.43 bits per heavy atom. The van der Waals surface area contributed by atoms with Crippen LogP contribution in [-0.4, -0.2) is 142 Å². The normalized spacial score (nSPS) is 26.1. The zero-order valence-electron chi connectivity index (χ0n) is 41.4. The highest BCUT2D eigenvalue weighted by molar-refractivity contribution is 5.70. The Hall–Kier alpha value is -2.02. The first-order valence-electron chi connectivity index (χ1n) is 26.4. The molecule has 2 aliphatic rings. The Balaban J connectivity index is 1.79. The van der Waals surface area contributed by atoms with Crippen molar-refractivity contribution in [1.29, 1.82) is 0 Å². The number of esters is 2. The van der Waals surface area contributed by atoms with Crippen molar-refractivity contribution in [3.8, 4) is 0 Å². The topological polar surface area (TPSA) is 231 Å². The molecule has 2 saturated heterocycles. The van der Waals surface area contributed by atoms with Gasteiger partial charge >= 0.3 is 11.9 Å². The van der Waals surface area contributed by atoms with Gasteiger partial charge in [-0.3, -0.25) is 9.59 Å². The Labute approximate surface area is 403 Å². The van der Waals surface area contributed by atoms with E-state index in [4.69, 9.17) is 28.4 Å². The molecule has 4 unspecified atom stereocenters. The summed E-state index contributed by atoms with van der Waals surface area (Å²) in [5.41, 5.74) is 0. The first kappa shape index (κ1) is 61.1. The Kier molecular flexibility index (Phi) is 36.2. The van der Waals surface area contributed by atoms with Gasteiger partial charge in [0, 0.05) is 12.8 Å². The Morgan fingerprint density at radius 2 is 0.910 bits per heavy atom. The summed E-state index contributed by atoms with van der Waals surface area (Å²) in [5, 5.41) is 72.1. The van der Waals surface area contributed by atoms with Crippen LogP contribution >= 0.6 is 0 Å². The number of allylic oxidation sites excluding steroid dienone is 4. The van der Waals surface area contributed by atoms with E-state index in [1.807, 2.05) is 0 Å². The summed E-state index contributed by atoms with van der Waals surface area (Å²) in [7, 11) is 0. The lowest BCUT2D eigenvalue weighted by atomic mass is 9.98. The molecular formula is C52H94O15. The zero-order valence-corrected chi connectivity index (χ0v) is 41.4. The van der Waals surface area contributed by atoms with Gasteiger partial charge < -0.3 is 64.2 Å². The third-order valence-electron chi connectivity index (χ3n) is 12.7. The molecule has 7 N–H and O–H groups in total. The third-order valence-corrected chi connectivity index (χ3v) is 12.7. The number of ether oxygens (including phenoxy) is 6. The minimum absolute atomic E-state index is 0.152. The summed E-state index contributed by atoms with van der Waals surface area (Å²) in [6.45, 7) is 2.55. The van der Waals surface area contributed by atoms with E-state index in [2.05, 4.69) is 38.2 Å². The van der Waals surface area contributed by atoms with Crippen LogP contribution in [0.4, 0.5) is 0 Å². The van der Waals surface area contributed by atoms with Gasteiger partial charge in [-0.2, -0.15) is 0 Å². The van der Waals surface area contributed by atoms with Crippen molar-refractivity contribution in [2.24, 2.45) is 0 Å². The number of unbranched alkanes of at least 4 members (excludes halogenated alkanes) is 23. The highest BCUT2D eigenvalue weighted by atomic mass is 16.7. The van der Waals surface area contributed by atoms with Crippen molar-refractivity contribution in [3.63, 3.8) is 0 Å². The zero-order chi connectivity index (χ0) is 48.9. The second-order valence-corrected chi connectivity index (χ2v) is 18.7. The molecule has 11 atom stereocenters. The standard InChI is InChI=1S/C52H94O15/c1-3-5-7-9-11-13-15-17-19-20-21-23-24-26-28-30-32-34-43(54)62-37-40(65-44(55)35-33-31-29-27-25-22-18-16-14-12-10-8-6-4-2)38-63-51-50(61)48(59)46(57)42(67-51)39-64-52-49(60)47(58)45(56)41(36-53)66-52/h10,12,16,18,40-42,45-53,56-61H,3-9,11,13-15,17,19-39H2,1-2H3/b12-10+,18-16+/t40-,41+,42+,45-,46-,47?,48?,49?,50?,51+,52+/m0/s1. The minimum Gasteiger partial charge on any atom is -0.462 e. The average Bonchev–Trinajstić information content (AvgIpc) is 3.32. The molecule has 0 amide bonds. The molecule has 0 aromatic heterocycles. The second-order valence-electron chi connectivity index (χ2n) is 18.7. The summed E-state index contributed by atoms with van der Waals surface area (Å²) in [6.07, 6.45) is 23.5. The smallest absolute Gasteiger partial charge is 0.306 e. The van der Waals surface area contributed by atoms with E-state index >= 15 is 0 Å². The van der Waals surface area contributed by atoms with Crippen molar-refractivity contribution < 1.29 is 73.8 Å². The van der Waals surface area contributed by atoms with Gasteiger partial charge in [-0.1, -0.05) is 173 Å². The van der Waals surface area contributed by atoms with Crippen molar-refractivity contribution in [3.05, 3.63) is 24.3 Å². The Morgan fingerprint density at radius 1 is 0.478 bits per heavy atom. The van der Waals surface area contributed by atoms with Gasteiger partial charge in [0.2, 0.25) is 0 Å². The van der Waals surface area contributed by atoms with Crippen LogP contribution in [-0.2, 0) is 38.0 Å². The third kappa shape index (κ3) is 27.8. The lowest BCUT2D eigenvalue weighted by Crippen LogP contribution is -2.61. The molecule has 15 heteroatoms. The number of hydrogen-bond acceptors (Lipinski definition) is 15. The minimum atomic E-state index is -1.76. The molecule has 0 aromatic carbocycles. The molecule has 2 aliphatic heterocycles. The second kappa shape index (κ2) is 39.7. The molecule has 2 rings (SSSR count). The van der Waals surface area contributed by atoms with Crippen LogP contribution in [0.25, 0.3) is 0 Å². The number of aliphatic hydroxyl groups is 7. The van der Waals surface area contributed by atoms with Crippen LogP contribution in [0.2, 0.25) is 0 Å². The highest BCUT2D eigenvalue weighted by Crippen LogP contribution is 2.26. The summed E-state index contributed by atoms with van der Waals surface area (Å²) in [5.74, 6) is -0.933. The highest BCUT2D eigenvalue weighted by Gasteiger charge is 2.47. The fourth-order valence-corrected chi connectivity index (χ4v) is 8.29. The van der Waals surface area contributed by atoms with Crippen LogP contribution in [0.1, 0.15) is 200 Å². The summed E-state index contributed by atoms with van der Waals surface area (Å²) >= 11 is 0. The number of carbonyl (C=O) groups excluding carboxylic acids is 2. The molecular weight excluding hydrogens is 865 g/mol. The SMILES string of the molecule is CCCC/C=C/C/C=C/CCCCCCCC(=O)O[C@@H](COC(=O)CCCCCCCCCCCCCCCCCCC)CO[C@@H]1O[C@H](CO[C@@H]2O[C@H](CO)[C@H](O)C(O)C2O)[C@H](O)C(O)C1O. The van der Waals surface area contributed by atoms with Crippen LogP contribution in [0.3, 0.4) is 0 Å². The van der Waals surface area contributed by atoms with Crippen LogP contribution in [0.15, 0.2) is 24.3 Å². The molecule has 0 bridgehead atoms. The number of hydrogen-bond donors (Lipinski definition) is 7. The summed E-state index contributed by atoms with van der Waals surface area (Å²) in [4.78, 5) is 25.8. The van der Waals surface area contributed by atoms with Crippen molar-refractivity contribution >= 4 is 11.9 Å². The molecule has 0 aliphatic carbocycles. The van der Waals surface area contributed by atoms with Crippen LogP contribution in [0.5, 0.6) is 0 Å². The van der Waals surface area contributed by atoms with E-state index in [-0.39, 0.29) is 26.1 Å². The van der Waals surface area contributed by atoms with Gasteiger partial charge in [-0.05, 0) is 38.5 Å². The fourth-order valence-electron chi connectivity index (χ4n) is 8.29. The molecule has 0 spiro atoms. The van der Waals surface area contributed by atoms with Crippen molar-refractivity contribution in [2.75, 3.05) is 26.4 Å². The van der Waals surface area contributed by atoms with Gasteiger partial charge in [-0.25, -0.2) is 0 Å². The van der Waals surface area contributed by atoms with Gasteiger partial charge in [-0.15, -0.1) is 0 Å². The molecule has 392 valence electrons. The lowest BCUT2D eigenvalue weighted by molar-refractivity contribution is -0.332. The number of carbonyl (C=O) groups is 2. The molecule has 67 heavy (non-hydrogen) atoms. The maximum atomic E-state index is 13.0. The molecule has 2 heterocycles. The van der Waals surface area contributed by atoms with E-state index in [0.717, 1.165) is 64.2 Å². The van der Waals surface area contributed by atoms with Crippen molar-refractivity contribution in [1.82, 2.24) is 0 Å².